The summed E-state index contributed by atoms with van der Waals surface area (Å²) in [6.07, 6.45) is 0.519. The molecule has 0 aliphatic carbocycles. The van der Waals surface area contributed by atoms with Gasteiger partial charge in [-0.2, -0.15) is 11.8 Å². The summed E-state index contributed by atoms with van der Waals surface area (Å²) >= 11 is 6.76. The van der Waals surface area contributed by atoms with Gasteiger partial charge in [0.25, 0.3) is 0 Å². The van der Waals surface area contributed by atoms with Crippen LogP contribution in [-0.4, -0.2) is 22.9 Å². The molecule has 0 bridgehead atoms. The van der Waals surface area contributed by atoms with Gasteiger partial charge in [0.05, 0.1) is 3.79 Å². The van der Waals surface area contributed by atoms with Crippen LogP contribution in [0.1, 0.15) is 12.0 Å². The van der Waals surface area contributed by atoms with Crippen LogP contribution in [-0.2, 0) is 10.5 Å². The molecule has 0 spiro atoms. The minimum atomic E-state index is -0.922. The molecule has 0 radical (unpaired) electrons. The molecule has 0 aromatic carbocycles. The summed E-state index contributed by atoms with van der Waals surface area (Å²) in [5.74, 6) is 0.768. The highest BCUT2D eigenvalue weighted by molar-refractivity contribution is 9.11. The highest BCUT2D eigenvalue weighted by Gasteiger charge is 2.10. The lowest BCUT2D eigenvalue weighted by molar-refractivity contribution is -0.138. The molecule has 1 rings (SSSR count). The quantitative estimate of drug-likeness (QED) is 0.793. The van der Waals surface area contributed by atoms with Crippen LogP contribution < -0.4 is 5.73 Å². The molecule has 3 N–H and O–H groups in total. The fraction of sp³-hybridized carbons (Fsp3) is 0.444. The standard InChI is InChI=1S/C9H12BrNO2S2/c10-8-3-6(5-15-8)4-14-2-1-7(11)9(12)13/h3,5,7H,1-2,4,11H2,(H,12,13). The minimum absolute atomic E-state index is 0.519. The van der Waals surface area contributed by atoms with Crippen LogP contribution in [0.15, 0.2) is 15.2 Å². The van der Waals surface area contributed by atoms with Gasteiger partial charge in [-0.15, -0.1) is 11.3 Å². The molecule has 1 aromatic rings. The number of carbonyl (C=O) groups is 1. The first-order valence-corrected chi connectivity index (χ1v) is 7.21. The first-order valence-electron chi connectivity index (χ1n) is 4.38. The van der Waals surface area contributed by atoms with Crippen LogP contribution >= 0.6 is 39.0 Å². The Labute approximate surface area is 105 Å². The van der Waals surface area contributed by atoms with E-state index in [4.69, 9.17) is 10.8 Å². The molecule has 1 aromatic heterocycles. The van der Waals surface area contributed by atoms with E-state index in [1.54, 1.807) is 23.1 Å². The molecule has 0 amide bonds. The Balaban J connectivity index is 2.14. The molecule has 15 heavy (non-hydrogen) atoms. The predicted octanol–water partition coefficient (Wildman–Crippen LogP) is 2.55. The van der Waals surface area contributed by atoms with Crippen LogP contribution in [0, 0.1) is 0 Å². The fourth-order valence-corrected chi connectivity index (χ4v) is 3.23. The van der Waals surface area contributed by atoms with Crippen molar-refractivity contribution in [2.75, 3.05) is 5.75 Å². The van der Waals surface area contributed by atoms with E-state index in [1.165, 1.54) is 5.56 Å². The van der Waals surface area contributed by atoms with Crippen molar-refractivity contribution in [1.82, 2.24) is 0 Å². The molecule has 1 atom stereocenters. The lowest BCUT2D eigenvalue weighted by Gasteiger charge is -2.04. The predicted molar refractivity (Wildman–Crippen MR) is 68.4 cm³/mol. The largest absolute Gasteiger partial charge is 0.480 e. The molecule has 0 saturated heterocycles. The molecule has 6 heteroatoms. The zero-order valence-corrected chi connectivity index (χ0v) is 11.2. The van der Waals surface area contributed by atoms with Crippen molar-refractivity contribution in [1.29, 1.82) is 0 Å². The van der Waals surface area contributed by atoms with Crippen LogP contribution in [0.25, 0.3) is 0 Å². The van der Waals surface area contributed by atoms with Crippen molar-refractivity contribution in [2.24, 2.45) is 5.73 Å². The third kappa shape index (κ3) is 5.01. The number of thioether (sulfide) groups is 1. The van der Waals surface area contributed by atoms with Gasteiger partial charge in [-0.1, -0.05) is 0 Å². The molecule has 84 valence electrons. The summed E-state index contributed by atoms with van der Waals surface area (Å²) in [4.78, 5) is 10.4. The van der Waals surface area contributed by atoms with Crippen molar-refractivity contribution in [3.63, 3.8) is 0 Å². The number of thiophene rings is 1. The van der Waals surface area contributed by atoms with Gasteiger partial charge in [-0.3, -0.25) is 4.79 Å². The van der Waals surface area contributed by atoms with E-state index < -0.39 is 12.0 Å². The molecule has 1 unspecified atom stereocenters. The maximum absolute atomic E-state index is 10.4. The molecule has 0 saturated carbocycles. The summed E-state index contributed by atoms with van der Waals surface area (Å²) in [6, 6.07) is 1.35. The number of hydrogen-bond acceptors (Lipinski definition) is 4. The molecule has 1 heterocycles. The summed E-state index contributed by atoms with van der Waals surface area (Å²) in [6.45, 7) is 0. The van der Waals surface area contributed by atoms with Crippen molar-refractivity contribution in [2.45, 2.75) is 18.2 Å². The molecule has 0 fully saturated rings. The second-order valence-electron chi connectivity index (χ2n) is 3.05. The van der Waals surface area contributed by atoms with Gasteiger partial charge in [0.2, 0.25) is 0 Å². The average Bonchev–Trinajstić information content (AvgIpc) is 2.58. The number of rotatable bonds is 6. The Kier molecular flexibility index (Phi) is 5.66. The summed E-state index contributed by atoms with van der Waals surface area (Å²) in [5, 5.41) is 10.7. The molecule has 3 nitrogen and oxygen atoms in total. The van der Waals surface area contributed by atoms with Gasteiger partial charge < -0.3 is 10.8 Å². The normalized spacial score (nSPS) is 12.7. The Morgan fingerprint density at radius 3 is 3.00 bits per heavy atom. The summed E-state index contributed by atoms with van der Waals surface area (Å²) in [5.41, 5.74) is 6.65. The van der Waals surface area contributed by atoms with Crippen molar-refractivity contribution in [3.05, 3.63) is 20.8 Å². The van der Waals surface area contributed by atoms with E-state index in [9.17, 15) is 4.79 Å². The molecule has 0 aliphatic heterocycles. The fourth-order valence-electron chi connectivity index (χ4n) is 0.945. The lowest BCUT2D eigenvalue weighted by atomic mass is 10.2. The monoisotopic (exact) mass is 309 g/mol. The van der Waals surface area contributed by atoms with Gasteiger partial charge in [0, 0.05) is 5.75 Å². The second-order valence-corrected chi connectivity index (χ2v) is 6.44. The van der Waals surface area contributed by atoms with Crippen molar-refractivity contribution < 1.29 is 9.90 Å². The van der Waals surface area contributed by atoms with E-state index in [0.717, 1.165) is 15.3 Å². The number of carboxylic acids is 1. The Bertz CT molecular complexity index is 330. The third-order valence-electron chi connectivity index (χ3n) is 1.78. The number of hydrogen-bond donors (Lipinski definition) is 2. The highest BCUT2D eigenvalue weighted by atomic mass is 79.9. The lowest BCUT2D eigenvalue weighted by Crippen LogP contribution is -2.30. The average molecular weight is 310 g/mol. The zero-order valence-electron chi connectivity index (χ0n) is 7.98. The SMILES string of the molecule is NC(CCSCc1csc(Br)c1)C(=O)O. The smallest absolute Gasteiger partial charge is 0.320 e. The first-order chi connectivity index (χ1) is 7.09. The number of nitrogens with two attached hydrogens (primary N) is 1. The van der Waals surface area contributed by atoms with Crippen LogP contribution in [0.2, 0.25) is 0 Å². The second kappa shape index (κ2) is 6.52. The van der Waals surface area contributed by atoms with Crippen LogP contribution in [0.4, 0.5) is 0 Å². The minimum Gasteiger partial charge on any atom is -0.480 e. The number of carboxylic acid groups (broad SMARTS) is 1. The van der Waals surface area contributed by atoms with Crippen molar-refractivity contribution >= 4 is 45.0 Å². The van der Waals surface area contributed by atoms with Crippen LogP contribution in [0.3, 0.4) is 0 Å². The molecular weight excluding hydrogens is 298 g/mol. The topological polar surface area (TPSA) is 63.3 Å². The summed E-state index contributed by atoms with van der Waals surface area (Å²) < 4.78 is 1.13. The zero-order chi connectivity index (χ0) is 11.3. The van der Waals surface area contributed by atoms with Gasteiger partial charge in [-0.25, -0.2) is 0 Å². The number of aliphatic carboxylic acids is 1. The van der Waals surface area contributed by atoms with Crippen molar-refractivity contribution in [3.8, 4) is 0 Å². The van der Waals surface area contributed by atoms with E-state index in [0.29, 0.717) is 6.42 Å². The maximum Gasteiger partial charge on any atom is 0.320 e. The van der Waals surface area contributed by atoms with E-state index in [1.807, 2.05) is 0 Å². The molecular formula is C9H12BrNO2S2. The Morgan fingerprint density at radius 2 is 2.47 bits per heavy atom. The van der Waals surface area contributed by atoms with E-state index in [-0.39, 0.29) is 0 Å². The van der Waals surface area contributed by atoms with E-state index >= 15 is 0 Å². The van der Waals surface area contributed by atoms with E-state index in [2.05, 4.69) is 27.4 Å². The van der Waals surface area contributed by atoms with Gasteiger partial charge in [0.15, 0.2) is 0 Å². The highest BCUT2D eigenvalue weighted by Crippen LogP contribution is 2.24. The van der Waals surface area contributed by atoms with Gasteiger partial charge >= 0.3 is 5.97 Å². The number of halogens is 1. The third-order valence-corrected chi connectivity index (χ3v) is 4.40. The van der Waals surface area contributed by atoms with Crippen LogP contribution in [0.5, 0.6) is 0 Å². The van der Waals surface area contributed by atoms with Gasteiger partial charge in [0.1, 0.15) is 6.04 Å². The summed E-state index contributed by atoms with van der Waals surface area (Å²) in [7, 11) is 0. The Hall–Kier alpha value is -0.0400. The Morgan fingerprint density at radius 1 is 1.73 bits per heavy atom. The maximum atomic E-state index is 10.4. The molecule has 0 aliphatic rings. The van der Waals surface area contributed by atoms with Gasteiger partial charge in [-0.05, 0) is 45.1 Å². The first kappa shape index (κ1) is 13.0.